The lowest BCUT2D eigenvalue weighted by atomic mass is 10.2. The summed E-state index contributed by atoms with van der Waals surface area (Å²) in [5.41, 5.74) is 0.605. The average molecular weight is 365 g/mol. The monoisotopic (exact) mass is 363 g/mol. The minimum absolute atomic E-state index is 0.225. The topological polar surface area (TPSA) is 54.0 Å². The Morgan fingerprint density at radius 3 is 2.33 bits per heavy atom. The van der Waals surface area contributed by atoms with Crippen molar-refractivity contribution in [3.05, 3.63) is 50.0 Å². The first kappa shape index (κ1) is 16.2. The summed E-state index contributed by atoms with van der Waals surface area (Å²) in [7, 11) is 1.69. The van der Waals surface area contributed by atoms with Gasteiger partial charge < -0.3 is 10.6 Å². The lowest BCUT2D eigenvalue weighted by Gasteiger charge is -2.10. The molecule has 110 valence electrons. The van der Waals surface area contributed by atoms with Gasteiger partial charge in [0.1, 0.15) is 5.82 Å². The fourth-order valence-electron chi connectivity index (χ4n) is 1.56. The molecule has 0 saturated heterocycles. The Labute approximate surface area is 141 Å². The average Bonchev–Trinajstić information content (AvgIpc) is 2.45. The van der Waals surface area contributed by atoms with E-state index in [1.54, 1.807) is 7.05 Å². The minimum Gasteiger partial charge on any atom is -0.373 e. The molecule has 4 nitrogen and oxygen atoms in total. The van der Waals surface area contributed by atoms with Crippen LogP contribution in [0.5, 0.6) is 0 Å². The molecule has 1 amide bonds. The van der Waals surface area contributed by atoms with Gasteiger partial charge >= 0.3 is 0 Å². The fraction of sp³-hybridized carbons (Fsp3) is 0.0769. The third kappa shape index (κ3) is 3.71. The maximum absolute atomic E-state index is 12.3. The van der Waals surface area contributed by atoms with Crippen molar-refractivity contribution >= 4 is 63.8 Å². The zero-order chi connectivity index (χ0) is 15.6. The number of hydrogen-bond acceptors (Lipinski definition) is 3. The van der Waals surface area contributed by atoms with E-state index in [0.717, 1.165) is 0 Å². The van der Waals surface area contributed by atoms with E-state index in [2.05, 4.69) is 15.6 Å². The summed E-state index contributed by atoms with van der Waals surface area (Å²) in [5.74, 6) is 0.0870. The van der Waals surface area contributed by atoms with Crippen LogP contribution in [0.2, 0.25) is 20.1 Å². The number of anilines is 2. The van der Waals surface area contributed by atoms with Gasteiger partial charge in [0.15, 0.2) is 0 Å². The van der Waals surface area contributed by atoms with Gasteiger partial charge in [0, 0.05) is 13.2 Å². The summed E-state index contributed by atoms with van der Waals surface area (Å²) in [6.45, 7) is 0. The molecule has 0 radical (unpaired) electrons. The van der Waals surface area contributed by atoms with Crippen molar-refractivity contribution in [2.24, 2.45) is 0 Å². The molecule has 1 aromatic heterocycles. The van der Waals surface area contributed by atoms with Crippen LogP contribution in [0.15, 0.2) is 24.4 Å². The van der Waals surface area contributed by atoms with Crippen molar-refractivity contribution in [2.45, 2.75) is 0 Å². The second-order valence-corrected chi connectivity index (χ2v) is 5.63. The van der Waals surface area contributed by atoms with Crippen molar-refractivity contribution in [1.82, 2.24) is 4.98 Å². The second-order valence-electron chi connectivity index (χ2n) is 4.00. The Kier molecular flexibility index (Phi) is 5.17. The largest absolute Gasteiger partial charge is 0.373 e. The quantitative estimate of drug-likeness (QED) is 0.754. The summed E-state index contributed by atoms with van der Waals surface area (Å²) >= 11 is 23.7. The number of halogens is 4. The number of carbonyl (C=O) groups excluding carboxylic acids is 1. The third-order valence-electron chi connectivity index (χ3n) is 2.61. The van der Waals surface area contributed by atoms with Gasteiger partial charge in [-0.1, -0.05) is 46.4 Å². The van der Waals surface area contributed by atoms with Gasteiger partial charge in [-0.15, -0.1) is 0 Å². The molecule has 0 aliphatic carbocycles. The second kappa shape index (κ2) is 6.71. The molecule has 0 bridgehead atoms. The SMILES string of the molecule is CNc1cc(C(=O)Nc2cc(Cl)c(Cl)cc2Cl)c(Cl)cn1. The van der Waals surface area contributed by atoms with Gasteiger partial charge in [-0.05, 0) is 18.2 Å². The Balaban J connectivity index is 2.32. The number of benzene rings is 1. The van der Waals surface area contributed by atoms with Crippen LogP contribution in [-0.4, -0.2) is 17.9 Å². The van der Waals surface area contributed by atoms with E-state index in [1.165, 1.54) is 24.4 Å². The van der Waals surface area contributed by atoms with E-state index in [4.69, 9.17) is 46.4 Å². The van der Waals surface area contributed by atoms with E-state index in [9.17, 15) is 4.79 Å². The number of pyridine rings is 1. The molecule has 1 heterocycles. The fourth-order valence-corrected chi connectivity index (χ4v) is 2.34. The molecule has 0 saturated carbocycles. The molecule has 0 fully saturated rings. The first-order chi connectivity index (χ1) is 9.92. The van der Waals surface area contributed by atoms with Gasteiger partial charge in [-0.3, -0.25) is 4.79 Å². The summed E-state index contributed by atoms with van der Waals surface area (Å²) < 4.78 is 0. The number of amides is 1. The van der Waals surface area contributed by atoms with E-state index in [1.807, 2.05) is 0 Å². The highest BCUT2D eigenvalue weighted by Gasteiger charge is 2.15. The van der Waals surface area contributed by atoms with Crippen LogP contribution in [0.25, 0.3) is 0 Å². The minimum atomic E-state index is -0.431. The standard InChI is InChI=1S/C13H9Cl4N3O/c1-18-12-2-6(10(17)5-19-12)13(21)20-11-4-8(15)7(14)3-9(11)16/h2-5H,1H3,(H,18,19)(H,20,21). The zero-order valence-corrected chi connectivity index (χ0v) is 13.7. The molecule has 1 aromatic carbocycles. The summed E-state index contributed by atoms with van der Waals surface area (Å²) in [4.78, 5) is 16.3. The predicted octanol–water partition coefficient (Wildman–Crippen LogP) is 4.99. The highest BCUT2D eigenvalue weighted by Crippen LogP contribution is 2.32. The summed E-state index contributed by atoms with van der Waals surface area (Å²) in [6.07, 6.45) is 1.39. The molecule has 2 N–H and O–H groups in total. The van der Waals surface area contributed by atoms with E-state index in [0.29, 0.717) is 16.5 Å². The maximum atomic E-state index is 12.3. The zero-order valence-electron chi connectivity index (χ0n) is 10.7. The Bertz CT molecular complexity index is 706. The summed E-state index contributed by atoms with van der Waals surface area (Å²) in [6, 6.07) is 4.45. The number of hydrogen-bond donors (Lipinski definition) is 2. The summed E-state index contributed by atoms with van der Waals surface area (Å²) in [5, 5.41) is 6.55. The predicted molar refractivity (Wildman–Crippen MR) is 88.2 cm³/mol. The van der Waals surface area contributed by atoms with Crippen LogP contribution in [-0.2, 0) is 0 Å². The number of rotatable bonds is 3. The van der Waals surface area contributed by atoms with E-state index >= 15 is 0 Å². The van der Waals surface area contributed by atoms with Crippen molar-refractivity contribution < 1.29 is 4.79 Å². The number of carbonyl (C=O) groups is 1. The highest BCUT2D eigenvalue weighted by molar-refractivity contribution is 6.44. The van der Waals surface area contributed by atoms with Crippen LogP contribution in [0.3, 0.4) is 0 Å². The van der Waals surface area contributed by atoms with Crippen LogP contribution < -0.4 is 10.6 Å². The molecular formula is C13H9Cl4N3O. The molecule has 2 aromatic rings. The molecule has 21 heavy (non-hydrogen) atoms. The maximum Gasteiger partial charge on any atom is 0.257 e. The molecule has 0 unspecified atom stereocenters. The first-order valence-corrected chi connectivity index (χ1v) is 7.22. The lowest BCUT2D eigenvalue weighted by molar-refractivity contribution is 0.102. The Hall–Kier alpha value is -1.20. The van der Waals surface area contributed by atoms with Crippen LogP contribution in [0, 0.1) is 0 Å². The molecule has 0 aliphatic rings. The van der Waals surface area contributed by atoms with Crippen LogP contribution in [0.4, 0.5) is 11.5 Å². The molecule has 8 heteroatoms. The van der Waals surface area contributed by atoms with Crippen molar-refractivity contribution in [2.75, 3.05) is 17.7 Å². The first-order valence-electron chi connectivity index (χ1n) is 5.71. The number of nitrogens with zero attached hydrogens (tertiary/aromatic N) is 1. The van der Waals surface area contributed by atoms with Gasteiger partial charge in [0.2, 0.25) is 0 Å². The molecule has 0 aliphatic heterocycles. The molecule has 0 spiro atoms. The van der Waals surface area contributed by atoms with Gasteiger partial charge in [0.05, 0.1) is 31.3 Å². The molecular weight excluding hydrogens is 356 g/mol. The third-order valence-corrected chi connectivity index (χ3v) is 3.95. The van der Waals surface area contributed by atoms with Crippen LogP contribution >= 0.6 is 46.4 Å². The van der Waals surface area contributed by atoms with E-state index in [-0.39, 0.29) is 20.6 Å². The van der Waals surface area contributed by atoms with Crippen molar-refractivity contribution in [1.29, 1.82) is 0 Å². The Morgan fingerprint density at radius 2 is 1.67 bits per heavy atom. The van der Waals surface area contributed by atoms with Gasteiger partial charge in [-0.2, -0.15) is 0 Å². The molecule has 2 rings (SSSR count). The van der Waals surface area contributed by atoms with Crippen molar-refractivity contribution in [3.8, 4) is 0 Å². The van der Waals surface area contributed by atoms with E-state index < -0.39 is 5.91 Å². The van der Waals surface area contributed by atoms with Gasteiger partial charge in [0.25, 0.3) is 5.91 Å². The molecule has 0 atom stereocenters. The lowest BCUT2D eigenvalue weighted by Crippen LogP contribution is -2.13. The number of aromatic nitrogens is 1. The highest BCUT2D eigenvalue weighted by atomic mass is 35.5. The Morgan fingerprint density at radius 1 is 1.00 bits per heavy atom. The van der Waals surface area contributed by atoms with Gasteiger partial charge in [-0.25, -0.2) is 4.98 Å². The normalized spacial score (nSPS) is 10.3. The number of nitrogens with one attached hydrogen (secondary N) is 2. The smallest absolute Gasteiger partial charge is 0.257 e. The van der Waals surface area contributed by atoms with Crippen LogP contribution in [0.1, 0.15) is 10.4 Å². The van der Waals surface area contributed by atoms with Crippen molar-refractivity contribution in [3.63, 3.8) is 0 Å².